The first-order valence-corrected chi connectivity index (χ1v) is 4.45. The second-order valence-corrected chi connectivity index (χ2v) is 2.96. The lowest BCUT2D eigenvalue weighted by Gasteiger charge is -2.07. The lowest BCUT2D eigenvalue weighted by atomic mass is 10.2. The maximum atomic E-state index is 13.1. The zero-order valence-electron chi connectivity index (χ0n) is 8.75. The van der Waals surface area contributed by atoms with E-state index in [4.69, 9.17) is 10.5 Å². The molecular formula is C10H14FN3O. The summed E-state index contributed by atoms with van der Waals surface area (Å²) in [5, 5.41) is 2.83. The number of benzene rings is 1. The molecule has 0 unspecified atom stereocenters. The lowest BCUT2D eigenvalue weighted by Crippen LogP contribution is -2.30. The molecule has 0 aliphatic rings. The smallest absolute Gasteiger partial charge is 0.188 e. The van der Waals surface area contributed by atoms with E-state index in [1.807, 2.05) is 0 Å². The number of hydrogen-bond donors (Lipinski definition) is 2. The summed E-state index contributed by atoms with van der Waals surface area (Å²) in [7, 11) is 3.07. The molecular weight excluding hydrogens is 197 g/mol. The zero-order chi connectivity index (χ0) is 11.3. The number of ether oxygens (including phenoxy) is 1. The van der Waals surface area contributed by atoms with Gasteiger partial charge in [-0.1, -0.05) is 0 Å². The Morgan fingerprint density at radius 2 is 2.27 bits per heavy atom. The first-order valence-electron chi connectivity index (χ1n) is 4.45. The number of methoxy groups -OCH3 is 1. The molecule has 0 aliphatic carbocycles. The molecule has 5 heteroatoms. The summed E-state index contributed by atoms with van der Waals surface area (Å²) < 4.78 is 18.0. The van der Waals surface area contributed by atoms with E-state index in [9.17, 15) is 4.39 Å². The van der Waals surface area contributed by atoms with E-state index in [1.165, 1.54) is 19.2 Å². The molecule has 3 N–H and O–H groups in total. The number of nitrogens with one attached hydrogen (secondary N) is 1. The lowest BCUT2D eigenvalue weighted by molar-refractivity contribution is 0.410. The number of aliphatic imine (C=N–C) groups is 1. The van der Waals surface area contributed by atoms with Gasteiger partial charge in [-0.25, -0.2) is 4.39 Å². The van der Waals surface area contributed by atoms with Gasteiger partial charge in [0.05, 0.1) is 7.11 Å². The van der Waals surface area contributed by atoms with Crippen molar-refractivity contribution in [2.45, 2.75) is 6.54 Å². The highest BCUT2D eigenvalue weighted by molar-refractivity contribution is 5.77. The molecule has 1 aromatic carbocycles. The molecule has 0 fully saturated rings. The quantitative estimate of drug-likeness (QED) is 0.576. The van der Waals surface area contributed by atoms with Gasteiger partial charge in [0.25, 0.3) is 0 Å². The van der Waals surface area contributed by atoms with Gasteiger partial charge in [-0.3, -0.25) is 4.99 Å². The van der Waals surface area contributed by atoms with Crippen molar-refractivity contribution in [1.29, 1.82) is 0 Å². The molecule has 0 aromatic heterocycles. The molecule has 82 valence electrons. The van der Waals surface area contributed by atoms with Gasteiger partial charge in [-0.05, 0) is 17.7 Å². The Bertz CT molecular complexity index is 366. The largest absolute Gasteiger partial charge is 0.497 e. The minimum Gasteiger partial charge on any atom is -0.497 e. The van der Waals surface area contributed by atoms with Crippen LogP contribution < -0.4 is 15.8 Å². The topological polar surface area (TPSA) is 59.6 Å². The summed E-state index contributed by atoms with van der Waals surface area (Å²) in [5.74, 6) is 0.468. The summed E-state index contributed by atoms with van der Waals surface area (Å²) in [6.07, 6.45) is 0. The van der Waals surface area contributed by atoms with E-state index in [0.717, 1.165) is 5.56 Å². The Balaban J connectivity index is 2.72. The molecule has 4 nitrogen and oxygen atoms in total. The highest BCUT2D eigenvalue weighted by Crippen LogP contribution is 2.15. The Morgan fingerprint density at radius 3 is 2.87 bits per heavy atom. The number of halogens is 1. The van der Waals surface area contributed by atoms with E-state index >= 15 is 0 Å². The number of rotatable bonds is 3. The van der Waals surface area contributed by atoms with Crippen molar-refractivity contribution >= 4 is 5.96 Å². The standard InChI is InChI=1S/C10H14FN3O/c1-13-10(12)14-6-7-3-8(11)5-9(4-7)15-2/h3-5H,6H2,1-2H3,(H3,12,13,14). The second-order valence-electron chi connectivity index (χ2n) is 2.96. The van der Waals surface area contributed by atoms with Gasteiger partial charge in [0.15, 0.2) is 5.96 Å². The summed E-state index contributed by atoms with van der Waals surface area (Å²) in [5.41, 5.74) is 6.19. The Morgan fingerprint density at radius 1 is 1.53 bits per heavy atom. The molecule has 0 bridgehead atoms. The van der Waals surface area contributed by atoms with Crippen LogP contribution in [0.1, 0.15) is 5.56 Å². The van der Waals surface area contributed by atoms with Gasteiger partial charge in [-0.15, -0.1) is 0 Å². The third kappa shape index (κ3) is 3.46. The molecule has 0 radical (unpaired) electrons. The van der Waals surface area contributed by atoms with Crippen LogP contribution >= 0.6 is 0 Å². The van der Waals surface area contributed by atoms with Crippen LogP contribution in [0.4, 0.5) is 4.39 Å². The average molecular weight is 211 g/mol. The van der Waals surface area contributed by atoms with E-state index in [2.05, 4.69) is 10.3 Å². The fraction of sp³-hybridized carbons (Fsp3) is 0.300. The summed E-state index contributed by atoms with van der Waals surface area (Å²) in [6, 6.07) is 4.47. The van der Waals surface area contributed by atoms with Crippen LogP contribution in [0.5, 0.6) is 5.75 Å². The highest BCUT2D eigenvalue weighted by Gasteiger charge is 2.01. The van der Waals surface area contributed by atoms with Gasteiger partial charge in [0, 0.05) is 19.7 Å². The normalized spacial score (nSPS) is 11.3. The summed E-state index contributed by atoms with van der Waals surface area (Å²) in [6.45, 7) is 0.414. The van der Waals surface area contributed by atoms with E-state index in [1.54, 1.807) is 13.1 Å². The summed E-state index contributed by atoms with van der Waals surface area (Å²) in [4.78, 5) is 3.73. The predicted octanol–water partition coefficient (Wildman–Crippen LogP) is 0.868. The minimum absolute atomic E-state index is 0.318. The van der Waals surface area contributed by atoms with Crippen LogP contribution in [0.2, 0.25) is 0 Å². The fourth-order valence-electron chi connectivity index (χ4n) is 1.11. The molecule has 0 saturated heterocycles. The van der Waals surface area contributed by atoms with Crippen molar-refractivity contribution in [2.24, 2.45) is 10.7 Å². The van der Waals surface area contributed by atoms with Crippen molar-refractivity contribution in [3.05, 3.63) is 29.6 Å². The SMILES string of the molecule is CN=C(N)NCc1cc(F)cc(OC)c1. The van der Waals surface area contributed by atoms with Gasteiger partial charge in [-0.2, -0.15) is 0 Å². The van der Waals surface area contributed by atoms with E-state index < -0.39 is 0 Å². The van der Waals surface area contributed by atoms with Crippen molar-refractivity contribution in [1.82, 2.24) is 5.32 Å². The number of hydrogen-bond acceptors (Lipinski definition) is 2. The zero-order valence-corrected chi connectivity index (χ0v) is 8.75. The van der Waals surface area contributed by atoms with Crippen LogP contribution in [0, 0.1) is 5.82 Å². The van der Waals surface area contributed by atoms with Crippen LogP contribution in [0.25, 0.3) is 0 Å². The monoisotopic (exact) mass is 211 g/mol. The van der Waals surface area contributed by atoms with Crippen molar-refractivity contribution in [3.63, 3.8) is 0 Å². The summed E-state index contributed by atoms with van der Waals surface area (Å²) >= 11 is 0. The van der Waals surface area contributed by atoms with Crippen LogP contribution in [0.15, 0.2) is 23.2 Å². The van der Waals surface area contributed by atoms with Crippen LogP contribution in [-0.4, -0.2) is 20.1 Å². The number of nitrogens with zero attached hydrogens (tertiary/aromatic N) is 1. The van der Waals surface area contributed by atoms with E-state index in [0.29, 0.717) is 18.3 Å². The van der Waals surface area contributed by atoms with Crippen LogP contribution in [0.3, 0.4) is 0 Å². The molecule has 1 rings (SSSR count). The van der Waals surface area contributed by atoms with Gasteiger partial charge < -0.3 is 15.8 Å². The maximum Gasteiger partial charge on any atom is 0.188 e. The third-order valence-corrected chi connectivity index (χ3v) is 1.88. The third-order valence-electron chi connectivity index (χ3n) is 1.88. The van der Waals surface area contributed by atoms with Gasteiger partial charge in [0.2, 0.25) is 0 Å². The number of nitrogens with two attached hydrogens (primary N) is 1. The molecule has 0 aliphatic heterocycles. The highest BCUT2D eigenvalue weighted by atomic mass is 19.1. The first-order chi connectivity index (χ1) is 7.15. The number of guanidine groups is 1. The molecule has 1 aromatic rings. The average Bonchev–Trinajstić information content (AvgIpc) is 2.25. The molecule has 0 spiro atoms. The molecule has 15 heavy (non-hydrogen) atoms. The maximum absolute atomic E-state index is 13.1. The fourth-order valence-corrected chi connectivity index (χ4v) is 1.11. The second kappa shape index (κ2) is 5.19. The Labute approximate surface area is 88.0 Å². The molecule has 0 atom stereocenters. The predicted molar refractivity (Wildman–Crippen MR) is 57.3 cm³/mol. The van der Waals surface area contributed by atoms with E-state index in [-0.39, 0.29) is 5.82 Å². The first kappa shape index (κ1) is 11.3. The van der Waals surface area contributed by atoms with Crippen molar-refractivity contribution in [3.8, 4) is 5.75 Å². The minimum atomic E-state index is -0.335. The van der Waals surface area contributed by atoms with Gasteiger partial charge >= 0.3 is 0 Å². The molecule has 0 saturated carbocycles. The Hall–Kier alpha value is -1.78. The molecule has 0 heterocycles. The van der Waals surface area contributed by atoms with Gasteiger partial charge in [0.1, 0.15) is 11.6 Å². The molecule has 0 amide bonds. The van der Waals surface area contributed by atoms with Crippen molar-refractivity contribution in [2.75, 3.05) is 14.2 Å². The van der Waals surface area contributed by atoms with Crippen molar-refractivity contribution < 1.29 is 9.13 Å². The van der Waals surface area contributed by atoms with Crippen LogP contribution in [-0.2, 0) is 6.54 Å². The Kier molecular flexibility index (Phi) is 3.91.